The number of benzene rings is 1. The Morgan fingerprint density at radius 3 is 2.89 bits per heavy atom. The van der Waals surface area contributed by atoms with E-state index in [0.29, 0.717) is 0 Å². The van der Waals surface area contributed by atoms with Crippen molar-refractivity contribution in [3.05, 3.63) is 32.7 Å². The summed E-state index contributed by atoms with van der Waals surface area (Å²) in [5, 5.41) is 0. The Balaban J connectivity index is 1.98. The van der Waals surface area contributed by atoms with Crippen LogP contribution in [0.1, 0.15) is 12.5 Å². The van der Waals surface area contributed by atoms with Crippen LogP contribution in [0.3, 0.4) is 0 Å². The zero-order valence-electron chi connectivity index (χ0n) is 10.4. The number of nitrogens with two attached hydrogens (primary N) is 1. The highest BCUT2D eigenvalue weighted by Gasteiger charge is 2.23. The average Bonchev–Trinajstić information content (AvgIpc) is 2.34. The summed E-state index contributed by atoms with van der Waals surface area (Å²) < 4.78 is 7.85. The van der Waals surface area contributed by atoms with Gasteiger partial charge in [0.15, 0.2) is 0 Å². The van der Waals surface area contributed by atoms with Crippen LogP contribution in [0.15, 0.2) is 27.1 Å². The minimum Gasteiger partial charge on any atom is -0.374 e. The smallest absolute Gasteiger partial charge is 0.0850 e. The van der Waals surface area contributed by atoms with Gasteiger partial charge in [0.25, 0.3) is 0 Å². The number of nitrogens with zero attached hydrogens (tertiary/aromatic N) is 1. The van der Waals surface area contributed by atoms with E-state index in [-0.39, 0.29) is 12.1 Å². The fourth-order valence-electron chi connectivity index (χ4n) is 2.09. The van der Waals surface area contributed by atoms with Crippen molar-refractivity contribution < 1.29 is 4.74 Å². The number of rotatable bonds is 3. The van der Waals surface area contributed by atoms with E-state index in [2.05, 4.69) is 55.0 Å². The lowest BCUT2D eigenvalue weighted by Gasteiger charge is -2.34. The first-order valence-electron chi connectivity index (χ1n) is 6.09. The molecule has 1 saturated heterocycles. The topological polar surface area (TPSA) is 38.5 Å². The molecule has 0 radical (unpaired) electrons. The molecule has 1 fully saturated rings. The van der Waals surface area contributed by atoms with Gasteiger partial charge in [-0.2, -0.15) is 0 Å². The van der Waals surface area contributed by atoms with E-state index < -0.39 is 0 Å². The molecule has 1 aliphatic rings. The van der Waals surface area contributed by atoms with Crippen LogP contribution in [0.5, 0.6) is 0 Å². The van der Waals surface area contributed by atoms with Gasteiger partial charge in [-0.05, 0) is 56.5 Å². The molecule has 1 aromatic carbocycles. The lowest BCUT2D eigenvalue weighted by Crippen LogP contribution is -2.49. The third-order valence-corrected chi connectivity index (χ3v) is 5.03. The molecule has 5 heteroatoms. The second-order valence-electron chi connectivity index (χ2n) is 4.75. The molecule has 0 bridgehead atoms. The van der Waals surface area contributed by atoms with Crippen LogP contribution in [0.2, 0.25) is 0 Å². The molecule has 2 N–H and O–H groups in total. The highest BCUT2D eigenvalue weighted by molar-refractivity contribution is 9.13. The van der Waals surface area contributed by atoms with Crippen molar-refractivity contribution in [2.45, 2.75) is 25.6 Å². The molecule has 2 atom stereocenters. The standard InChI is InChI=1S/C13H18Br2N2O/c1-9(16)13-8-17(4-5-18-13)7-10-2-3-11(14)12(15)6-10/h2-3,6,9,13H,4-5,7-8,16H2,1H3. The fraction of sp³-hybridized carbons (Fsp3) is 0.538. The van der Waals surface area contributed by atoms with Gasteiger partial charge in [0.2, 0.25) is 0 Å². The molecule has 1 aromatic rings. The predicted octanol–water partition coefficient (Wildman–Crippen LogP) is 2.76. The quantitative estimate of drug-likeness (QED) is 0.880. The Morgan fingerprint density at radius 1 is 1.44 bits per heavy atom. The lowest BCUT2D eigenvalue weighted by molar-refractivity contribution is -0.0403. The van der Waals surface area contributed by atoms with E-state index in [4.69, 9.17) is 10.5 Å². The van der Waals surface area contributed by atoms with Crippen LogP contribution in [0, 0.1) is 0 Å². The van der Waals surface area contributed by atoms with Crippen molar-refractivity contribution in [2.24, 2.45) is 5.73 Å². The van der Waals surface area contributed by atoms with E-state index in [0.717, 1.165) is 35.2 Å². The number of hydrogen-bond acceptors (Lipinski definition) is 3. The van der Waals surface area contributed by atoms with E-state index in [1.54, 1.807) is 0 Å². The number of morpholine rings is 1. The summed E-state index contributed by atoms with van der Waals surface area (Å²) in [6.07, 6.45) is 0.151. The Bertz CT molecular complexity index is 412. The van der Waals surface area contributed by atoms with E-state index >= 15 is 0 Å². The SMILES string of the molecule is CC(N)C1CN(Cc2ccc(Br)c(Br)c2)CCO1. The van der Waals surface area contributed by atoms with Crippen LogP contribution >= 0.6 is 31.9 Å². The van der Waals surface area contributed by atoms with Crippen LogP contribution < -0.4 is 5.73 Å². The molecule has 0 aliphatic carbocycles. The van der Waals surface area contributed by atoms with Gasteiger partial charge in [-0.15, -0.1) is 0 Å². The molecule has 0 saturated carbocycles. The van der Waals surface area contributed by atoms with Gasteiger partial charge in [0.1, 0.15) is 0 Å². The third-order valence-electron chi connectivity index (χ3n) is 3.15. The van der Waals surface area contributed by atoms with Crippen molar-refractivity contribution in [2.75, 3.05) is 19.7 Å². The molecule has 1 heterocycles. The monoisotopic (exact) mass is 376 g/mol. The maximum atomic E-state index is 5.90. The van der Waals surface area contributed by atoms with Crippen LogP contribution in [-0.2, 0) is 11.3 Å². The van der Waals surface area contributed by atoms with Gasteiger partial charge < -0.3 is 10.5 Å². The van der Waals surface area contributed by atoms with Crippen molar-refractivity contribution in [3.63, 3.8) is 0 Å². The third kappa shape index (κ3) is 3.78. The Labute approximate surface area is 125 Å². The Morgan fingerprint density at radius 2 is 2.22 bits per heavy atom. The minimum atomic E-state index is 0.0875. The van der Waals surface area contributed by atoms with Gasteiger partial charge in [-0.25, -0.2) is 0 Å². The zero-order valence-corrected chi connectivity index (χ0v) is 13.6. The molecule has 0 aromatic heterocycles. The highest BCUT2D eigenvalue weighted by Crippen LogP contribution is 2.24. The molecule has 0 spiro atoms. The summed E-state index contributed by atoms with van der Waals surface area (Å²) in [5.41, 5.74) is 7.20. The fourth-order valence-corrected chi connectivity index (χ4v) is 2.76. The summed E-state index contributed by atoms with van der Waals surface area (Å²) >= 11 is 7.02. The first kappa shape index (κ1) is 14.5. The molecule has 0 amide bonds. The van der Waals surface area contributed by atoms with Crippen molar-refractivity contribution in [1.82, 2.24) is 4.90 Å². The number of hydrogen-bond donors (Lipinski definition) is 1. The van der Waals surface area contributed by atoms with E-state index in [1.807, 2.05) is 6.92 Å². The second-order valence-corrected chi connectivity index (χ2v) is 6.46. The zero-order chi connectivity index (χ0) is 13.1. The maximum absolute atomic E-state index is 5.90. The normalized spacial score (nSPS) is 23.0. The number of halogens is 2. The molecule has 100 valence electrons. The van der Waals surface area contributed by atoms with E-state index in [9.17, 15) is 0 Å². The van der Waals surface area contributed by atoms with Gasteiger partial charge in [-0.1, -0.05) is 6.07 Å². The molecule has 18 heavy (non-hydrogen) atoms. The molecular weight excluding hydrogens is 360 g/mol. The van der Waals surface area contributed by atoms with Gasteiger partial charge in [0.05, 0.1) is 12.7 Å². The Kier molecular flexibility index (Phi) is 5.21. The van der Waals surface area contributed by atoms with Gasteiger partial charge in [-0.3, -0.25) is 4.90 Å². The molecule has 2 rings (SSSR count). The summed E-state index contributed by atoms with van der Waals surface area (Å²) in [6.45, 7) is 5.59. The van der Waals surface area contributed by atoms with Gasteiger partial charge in [0, 0.05) is 34.6 Å². The molecule has 2 unspecified atom stereocenters. The van der Waals surface area contributed by atoms with Crippen LogP contribution in [0.25, 0.3) is 0 Å². The molecule has 1 aliphatic heterocycles. The van der Waals surface area contributed by atoms with E-state index in [1.165, 1.54) is 5.56 Å². The van der Waals surface area contributed by atoms with Crippen LogP contribution in [0.4, 0.5) is 0 Å². The summed E-state index contributed by atoms with van der Waals surface area (Å²) in [7, 11) is 0. The highest BCUT2D eigenvalue weighted by atomic mass is 79.9. The summed E-state index contributed by atoms with van der Waals surface area (Å²) in [4.78, 5) is 2.40. The molecule has 3 nitrogen and oxygen atoms in total. The summed E-state index contributed by atoms with van der Waals surface area (Å²) in [6, 6.07) is 6.46. The maximum Gasteiger partial charge on any atom is 0.0850 e. The Hall–Kier alpha value is 0.0600. The second kappa shape index (κ2) is 6.48. The van der Waals surface area contributed by atoms with Crippen molar-refractivity contribution >= 4 is 31.9 Å². The molecular formula is C13H18Br2N2O. The largest absolute Gasteiger partial charge is 0.374 e. The minimum absolute atomic E-state index is 0.0875. The first-order valence-corrected chi connectivity index (χ1v) is 7.68. The van der Waals surface area contributed by atoms with Crippen molar-refractivity contribution in [1.29, 1.82) is 0 Å². The lowest BCUT2D eigenvalue weighted by atomic mass is 10.1. The summed E-state index contributed by atoms with van der Waals surface area (Å²) in [5.74, 6) is 0. The van der Waals surface area contributed by atoms with Crippen molar-refractivity contribution in [3.8, 4) is 0 Å². The predicted molar refractivity (Wildman–Crippen MR) is 80.5 cm³/mol. The average molecular weight is 378 g/mol. The van der Waals surface area contributed by atoms with Crippen LogP contribution in [-0.4, -0.2) is 36.7 Å². The first-order chi connectivity index (χ1) is 8.56. The van der Waals surface area contributed by atoms with Gasteiger partial charge >= 0.3 is 0 Å². The number of ether oxygens (including phenoxy) is 1.